The van der Waals surface area contributed by atoms with Crippen LogP contribution in [0.2, 0.25) is 0 Å². The summed E-state index contributed by atoms with van der Waals surface area (Å²) < 4.78 is 77.5. The number of hydrogen-bond donors (Lipinski definition) is 2. The minimum Gasteiger partial charge on any atom is -0.379 e. The molecule has 1 aliphatic rings. The van der Waals surface area contributed by atoms with E-state index in [2.05, 4.69) is 20.4 Å². The summed E-state index contributed by atoms with van der Waals surface area (Å²) in [5.74, 6) is -0.222. The first-order valence-corrected chi connectivity index (χ1v) is 10.9. The van der Waals surface area contributed by atoms with Gasteiger partial charge in [0.15, 0.2) is 0 Å². The van der Waals surface area contributed by atoms with Gasteiger partial charge >= 0.3 is 12.4 Å². The number of anilines is 2. The van der Waals surface area contributed by atoms with Gasteiger partial charge in [-0.1, -0.05) is 0 Å². The molecule has 3 heterocycles. The molecule has 1 fully saturated rings. The molecule has 3 rings (SSSR count). The Balaban J connectivity index is 1.44. The van der Waals surface area contributed by atoms with Crippen LogP contribution >= 0.6 is 0 Å². The fourth-order valence-electron chi connectivity index (χ4n) is 3.58. The summed E-state index contributed by atoms with van der Waals surface area (Å²) in [7, 11) is 1.49. The summed E-state index contributed by atoms with van der Waals surface area (Å²) in [6.07, 6.45) is -7.14. The molecule has 2 aromatic rings. The second-order valence-corrected chi connectivity index (χ2v) is 8.25. The zero-order valence-electron chi connectivity index (χ0n) is 19.7. The van der Waals surface area contributed by atoms with Crippen LogP contribution in [-0.2, 0) is 22.0 Å². The predicted octanol–water partition coefficient (Wildman–Crippen LogP) is 1.61. The van der Waals surface area contributed by atoms with Gasteiger partial charge in [-0.25, -0.2) is 15.1 Å². The molecule has 11 nitrogen and oxygen atoms in total. The van der Waals surface area contributed by atoms with Crippen molar-refractivity contribution in [3.63, 3.8) is 0 Å². The number of nitrogens with one attached hydrogen (secondary N) is 2. The Hall–Kier alpha value is -3.47. The van der Waals surface area contributed by atoms with E-state index < -0.39 is 40.8 Å². The second kappa shape index (κ2) is 11.3. The van der Waals surface area contributed by atoms with E-state index in [1.165, 1.54) is 17.0 Å². The van der Waals surface area contributed by atoms with Crippen molar-refractivity contribution in [3.8, 4) is 0 Å². The summed E-state index contributed by atoms with van der Waals surface area (Å²) in [6, 6.07) is -0.614. The van der Waals surface area contributed by atoms with Gasteiger partial charge in [0.25, 0.3) is 11.5 Å². The van der Waals surface area contributed by atoms with Crippen molar-refractivity contribution < 1.29 is 36.0 Å². The number of rotatable bonds is 8. The van der Waals surface area contributed by atoms with Crippen molar-refractivity contribution in [1.29, 1.82) is 0 Å². The van der Waals surface area contributed by atoms with E-state index in [0.717, 1.165) is 6.20 Å². The van der Waals surface area contributed by atoms with Crippen molar-refractivity contribution in [2.75, 3.05) is 56.6 Å². The molecule has 1 saturated heterocycles. The van der Waals surface area contributed by atoms with Crippen molar-refractivity contribution in [3.05, 3.63) is 40.1 Å². The molecule has 37 heavy (non-hydrogen) atoms. The molecule has 0 spiro atoms. The van der Waals surface area contributed by atoms with E-state index in [1.54, 1.807) is 16.9 Å². The maximum Gasteiger partial charge on any atom is 0.423 e. The summed E-state index contributed by atoms with van der Waals surface area (Å²) in [5.41, 5.74) is -4.20. The molecular formula is C20H24F6N8O3. The van der Waals surface area contributed by atoms with E-state index in [-0.39, 0.29) is 38.1 Å². The van der Waals surface area contributed by atoms with E-state index >= 15 is 0 Å². The highest BCUT2D eigenvalue weighted by molar-refractivity contribution is 5.77. The SMILES string of the molecule is CC(CN(C)OCC(=O)N1CCN(c2ncc(C(F)(F)F)cn2)CC1)Nc1cn[nH]c(=O)c1C(F)(F)F. The van der Waals surface area contributed by atoms with Gasteiger partial charge in [0, 0.05) is 58.2 Å². The van der Waals surface area contributed by atoms with Crippen LogP contribution in [-0.4, -0.2) is 88.5 Å². The number of aromatic amines is 1. The van der Waals surface area contributed by atoms with Crippen LogP contribution < -0.4 is 15.8 Å². The van der Waals surface area contributed by atoms with E-state index in [1.807, 2.05) is 0 Å². The van der Waals surface area contributed by atoms with Gasteiger partial charge < -0.3 is 15.1 Å². The largest absolute Gasteiger partial charge is 0.423 e. The predicted molar refractivity (Wildman–Crippen MR) is 117 cm³/mol. The summed E-state index contributed by atoms with van der Waals surface area (Å²) >= 11 is 0. The van der Waals surface area contributed by atoms with Crippen molar-refractivity contribution in [1.82, 2.24) is 30.1 Å². The Bertz CT molecular complexity index is 1120. The van der Waals surface area contributed by atoms with Crippen LogP contribution in [0, 0.1) is 0 Å². The molecule has 17 heteroatoms. The average Bonchev–Trinajstić information content (AvgIpc) is 2.81. The summed E-state index contributed by atoms with van der Waals surface area (Å²) in [5, 5.41) is 8.99. The number of H-pyrrole nitrogens is 1. The van der Waals surface area contributed by atoms with Gasteiger partial charge in [0.2, 0.25) is 5.95 Å². The number of aromatic nitrogens is 4. The Morgan fingerprint density at radius 2 is 1.73 bits per heavy atom. The number of nitrogens with zero attached hydrogens (tertiary/aromatic N) is 6. The topological polar surface area (TPSA) is 120 Å². The number of halogens is 6. The van der Waals surface area contributed by atoms with Gasteiger partial charge in [-0.15, -0.1) is 0 Å². The molecule has 2 aromatic heterocycles. The Morgan fingerprint density at radius 1 is 1.11 bits per heavy atom. The first-order valence-electron chi connectivity index (χ1n) is 10.9. The number of carbonyl (C=O) groups excluding carboxylic acids is 1. The molecule has 1 atom stereocenters. The average molecular weight is 538 g/mol. The van der Waals surface area contributed by atoms with Crippen LogP contribution in [0.1, 0.15) is 18.1 Å². The highest BCUT2D eigenvalue weighted by Gasteiger charge is 2.37. The third kappa shape index (κ3) is 7.51. The van der Waals surface area contributed by atoms with E-state index in [4.69, 9.17) is 4.84 Å². The quantitative estimate of drug-likeness (QED) is 0.382. The molecule has 1 amide bonds. The first-order chi connectivity index (χ1) is 17.3. The fourth-order valence-corrected chi connectivity index (χ4v) is 3.58. The standard InChI is InChI=1S/C20H24F6N8O3/c1-12(30-14-9-29-31-17(36)16(14)20(24,25)26)10-32(2)37-11-15(35)33-3-5-34(6-4-33)18-27-7-13(8-28-18)19(21,22)23/h7-9,12H,3-6,10-11H2,1-2H3,(H2,30,31,36). The second-order valence-electron chi connectivity index (χ2n) is 8.25. The van der Waals surface area contributed by atoms with Crippen LogP contribution in [0.25, 0.3) is 0 Å². The fraction of sp³-hybridized carbons (Fsp3) is 0.550. The number of alkyl halides is 6. The molecule has 1 aliphatic heterocycles. The highest BCUT2D eigenvalue weighted by Crippen LogP contribution is 2.31. The summed E-state index contributed by atoms with van der Waals surface area (Å²) in [6.45, 7) is 2.44. The third-order valence-corrected chi connectivity index (χ3v) is 5.36. The molecule has 0 radical (unpaired) electrons. The Morgan fingerprint density at radius 3 is 2.30 bits per heavy atom. The van der Waals surface area contributed by atoms with Gasteiger partial charge in [0.05, 0.1) is 17.4 Å². The van der Waals surface area contributed by atoms with Crippen molar-refractivity contribution >= 4 is 17.5 Å². The van der Waals surface area contributed by atoms with E-state index in [0.29, 0.717) is 25.5 Å². The van der Waals surface area contributed by atoms with Gasteiger partial charge in [-0.3, -0.25) is 14.4 Å². The normalized spacial score (nSPS) is 15.7. The van der Waals surface area contributed by atoms with Gasteiger partial charge in [-0.2, -0.15) is 36.5 Å². The third-order valence-electron chi connectivity index (χ3n) is 5.36. The lowest BCUT2D eigenvalue weighted by molar-refractivity contribution is -0.167. The van der Waals surface area contributed by atoms with Crippen LogP contribution in [0.5, 0.6) is 0 Å². The maximum absolute atomic E-state index is 13.2. The Labute approximate surface area is 206 Å². The molecule has 0 bridgehead atoms. The first kappa shape index (κ1) is 28.1. The smallest absolute Gasteiger partial charge is 0.379 e. The molecule has 0 aromatic carbocycles. The lowest BCUT2D eigenvalue weighted by Crippen LogP contribution is -2.50. The van der Waals surface area contributed by atoms with Crippen LogP contribution in [0.4, 0.5) is 38.0 Å². The lowest BCUT2D eigenvalue weighted by atomic mass is 10.2. The number of amides is 1. The number of hydrogen-bond acceptors (Lipinski definition) is 9. The van der Waals surface area contributed by atoms with Crippen LogP contribution in [0.15, 0.2) is 23.4 Å². The minimum atomic E-state index is -4.88. The van der Waals surface area contributed by atoms with Crippen molar-refractivity contribution in [2.45, 2.75) is 25.3 Å². The van der Waals surface area contributed by atoms with Gasteiger partial charge in [0.1, 0.15) is 12.2 Å². The number of carbonyl (C=O) groups is 1. The molecular weight excluding hydrogens is 514 g/mol. The van der Waals surface area contributed by atoms with E-state index in [9.17, 15) is 35.9 Å². The number of piperazine rings is 1. The van der Waals surface area contributed by atoms with Gasteiger partial charge in [-0.05, 0) is 6.92 Å². The number of hydroxylamine groups is 2. The monoisotopic (exact) mass is 538 g/mol. The Kier molecular flexibility index (Phi) is 8.57. The zero-order valence-corrected chi connectivity index (χ0v) is 19.7. The molecule has 0 saturated carbocycles. The molecule has 2 N–H and O–H groups in total. The lowest BCUT2D eigenvalue weighted by Gasteiger charge is -2.35. The highest BCUT2D eigenvalue weighted by atomic mass is 19.4. The molecule has 204 valence electrons. The summed E-state index contributed by atoms with van der Waals surface area (Å²) in [4.78, 5) is 40.1. The molecule has 1 unspecified atom stereocenters. The molecule has 0 aliphatic carbocycles. The number of likely N-dealkylation sites (N-methyl/N-ethyl adjacent to an activating group) is 1. The minimum absolute atomic E-state index is 0.0659. The van der Waals surface area contributed by atoms with Crippen molar-refractivity contribution in [2.24, 2.45) is 0 Å². The maximum atomic E-state index is 13.2. The zero-order chi connectivity index (χ0) is 27.4. The van der Waals surface area contributed by atoms with Crippen LogP contribution in [0.3, 0.4) is 0 Å².